The summed E-state index contributed by atoms with van der Waals surface area (Å²) in [6, 6.07) is 8.10. The molecule has 0 atom stereocenters. The van der Waals surface area contributed by atoms with Crippen LogP contribution in [0.15, 0.2) is 24.4 Å². The van der Waals surface area contributed by atoms with Gasteiger partial charge in [0.25, 0.3) is 0 Å². The number of nitriles is 1. The van der Waals surface area contributed by atoms with Gasteiger partial charge in [0.2, 0.25) is 0 Å². The van der Waals surface area contributed by atoms with E-state index in [4.69, 9.17) is 0 Å². The van der Waals surface area contributed by atoms with Crippen LogP contribution in [0.3, 0.4) is 0 Å². The Kier molecular flexibility index (Phi) is 4.36. The van der Waals surface area contributed by atoms with Crippen molar-refractivity contribution >= 4 is 28.2 Å². The number of aromatic carboxylic acids is 1. The lowest BCUT2D eigenvalue weighted by Gasteiger charge is -2.04. The number of aromatic nitrogens is 2. The predicted molar refractivity (Wildman–Crippen MR) is 94.4 cm³/mol. The summed E-state index contributed by atoms with van der Waals surface area (Å²) >= 11 is 1.16. The number of fused-ring (bicyclic) bond motifs is 1. The Hall–Kier alpha value is -2.65. The maximum atomic E-state index is 11.2. The number of unbranched alkanes of at least 4 members (excludes halogenated alkanes) is 1. The Balaban J connectivity index is 2.10. The number of benzene rings is 1. The fraction of sp³-hybridized carbons (Fsp3) is 0.278. The summed E-state index contributed by atoms with van der Waals surface area (Å²) in [5.41, 5.74) is 3.02. The number of aryl methyl sites for hydroxylation is 2. The highest BCUT2D eigenvalue weighted by molar-refractivity contribution is 7.17. The van der Waals surface area contributed by atoms with E-state index in [9.17, 15) is 15.2 Å². The predicted octanol–water partition coefficient (Wildman–Crippen LogP) is 4.44. The van der Waals surface area contributed by atoms with Crippen molar-refractivity contribution in [2.45, 2.75) is 33.2 Å². The van der Waals surface area contributed by atoms with Crippen LogP contribution in [-0.4, -0.2) is 20.6 Å². The molecule has 0 saturated carbocycles. The molecule has 3 rings (SSSR count). The summed E-state index contributed by atoms with van der Waals surface area (Å²) in [6.45, 7) is 4.72. The van der Waals surface area contributed by atoms with Gasteiger partial charge in [-0.25, -0.2) is 9.78 Å². The van der Waals surface area contributed by atoms with Crippen LogP contribution in [0.25, 0.3) is 21.5 Å². The average molecular weight is 339 g/mol. The maximum Gasteiger partial charge on any atom is 0.347 e. The topological polar surface area (TPSA) is 78.9 Å². The summed E-state index contributed by atoms with van der Waals surface area (Å²) in [4.78, 5) is 15.8. The molecule has 0 unspecified atom stereocenters. The zero-order valence-electron chi connectivity index (χ0n) is 13.5. The Morgan fingerprint density at radius 1 is 1.46 bits per heavy atom. The molecule has 24 heavy (non-hydrogen) atoms. The van der Waals surface area contributed by atoms with Crippen LogP contribution in [0.4, 0.5) is 0 Å². The normalized spacial score (nSPS) is 10.9. The van der Waals surface area contributed by atoms with Gasteiger partial charge in [-0.3, -0.25) is 0 Å². The Morgan fingerprint density at radius 2 is 2.25 bits per heavy atom. The number of thiazole rings is 1. The second kappa shape index (κ2) is 6.46. The molecule has 2 heterocycles. The number of hydrogen-bond donors (Lipinski definition) is 1. The first-order valence-electron chi connectivity index (χ1n) is 7.79. The van der Waals surface area contributed by atoms with Gasteiger partial charge in [0, 0.05) is 29.2 Å². The van der Waals surface area contributed by atoms with Crippen molar-refractivity contribution < 1.29 is 9.90 Å². The molecule has 0 aliphatic heterocycles. The van der Waals surface area contributed by atoms with Crippen LogP contribution in [0.1, 0.15) is 40.7 Å². The third-order valence-corrected chi connectivity index (χ3v) is 5.19. The minimum Gasteiger partial charge on any atom is -0.477 e. The summed E-state index contributed by atoms with van der Waals surface area (Å²) in [5.74, 6) is -0.958. The summed E-state index contributed by atoms with van der Waals surface area (Å²) in [7, 11) is 0. The minimum atomic E-state index is -0.958. The lowest BCUT2D eigenvalue weighted by atomic mass is 10.1. The van der Waals surface area contributed by atoms with Crippen molar-refractivity contribution in [3.05, 3.63) is 40.5 Å². The largest absolute Gasteiger partial charge is 0.477 e. The van der Waals surface area contributed by atoms with Crippen LogP contribution < -0.4 is 0 Å². The van der Waals surface area contributed by atoms with E-state index in [1.54, 1.807) is 6.92 Å². The standard InChI is InChI=1S/C18H17N3O2S/c1-3-4-7-21-10-13(9-19)14-8-12(5-6-15(14)21)17-20-11(2)16(24-17)18(22)23/h5-6,8,10H,3-4,7H2,1-2H3,(H,22,23). The number of nitrogens with zero attached hydrogens (tertiary/aromatic N) is 3. The molecule has 1 aromatic carbocycles. The molecule has 0 bridgehead atoms. The third-order valence-electron chi connectivity index (χ3n) is 3.99. The van der Waals surface area contributed by atoms with Gasteiger partial charge in [-0.05, 0) is 31.5 Å². The third kappa shape index (κ3) is 2.79. The van der Waals surface area contributed by atoms with E-state index in [0.717, 1.165) is 47.2 Å². The Labute approximate surface area is 143 Å². The van der Waals surface area contributed by atoms with Gasteiger partial charge in [0.1, 0.15) is 16.0 Å². The Morgan fingerprint density at radius 3 is 2.88 bits per heavy atom. The summed E-state index contributed by atoms with van der Waals surface area (Å²) < 4.78 is 2.11. The number of carbonyl (C=O) groups is 1. The van der Waals surface area contributed by atoms with Crippen LogP contribution >= 0.6 is 11.3 Å². The van der Waals surface area contributed by atoms with E-state index in [2.05, 4.69) is 22.5 Å². The quantitative estimate of drug-likeness (QED) is 0.745. The van der Waals surface area contributed by atoms with E-state index in [1.807, 2.05) is 24.4 Å². The lowest BCUT2D eigenvalue weighted by molar-refractivity contribution is 0.0701. The number of rotatable bonds is 5. The van der Waals surface area contributed by atoms with E-state index in [1.165, 1.54) is 0 Å². The fourth-order valence-corrected chi connectivity index (χ4v) is 3.65. The van der Waals surface area contributed by atoms with Gasteiger partial charge >= 0.3 is 5.97 Å². The first kappa shape index (κ1) is 16.2. The van der Waals surface area contributed by atoms with E-state index in [-0.39, 0.29) is 4.88 Å². The molecule has 3 aromatic rings. The Bertz CT molecular complexity index is 963. The zero-order valence-corrected chi connectivity index (χ0v) is 14.4. The molecule has 6 heteroatoms. The highest BCUT2D eigenvalue weighted by atomic mass is 32.1. The SMILES string of the molecule is CCCCn1cc(C#N)c2cc(-c3nc(C)c(C(=O)O)s3)ccc21. The van der Waals surface area contributed by atoms with Crippen LogP contribution in [-0.2, 0) is 6.54 Å². The molecule has 2 aromatic heterocycles. The molecule has 0 spiro atoms. The molecule has 0 aliphatic rings. The molecule has 0 saturated heterocycles. The first-order chi connectivity index (χ1) is 11.5. The highest BCUT2D eigenvalue weighted by Gasteiger charge is 2.16. The van der Waals surface area contributed by atoms with Crippen molar-refractivity contribution in [1.29, 1.82) is 5.26 Å². The minimum absolute atomic E-state index is 0.256. The molecule has 0 fully saturated rings. The molecule has 0 radical (unpaired) electrons. The van der Waals surface area contributed by atoms with Gasteiger partial charge < -0.3 is 9.67 Å². The lowest BCUT2D eigenvalue weighted by Crippen LogP contribution is -1.94. The number of carboxylic acids is 1. The maximum absolute atomic E-state index is 11.2. The molecular formula is C18H17N3O2S. The van der Waals surface area contributed by atoms with Crippen LogP contribution in [0, 0.1) is 18.3 Å². The van der Waals surface area contributed by atoms with E-state index >= 15 is 0 Å². The summed E-state index contributed by atoms with van der Waals surface area (Å²) in [5, 5.41) is 20.1. The summed E-state index contributed by atoms with van der Waals surface area (Å²) in [6.07, 6.45) is 4.04. The monoisotopic (exact) mass is 339 g/mol. The van der Waals surface area contributed by atoms with Crippen molar-refractivity contribution in [2.75, 3.05) is 0 Å². The van der Waals surface area contributed by atoms with Crippen molar-refractivity contribution in [3.8, 4) is 16.6 Å². The number of hydrogen-bond acceptors (Lipinski definition) is 4. The molecule has 5 nitrogen and oxygen atoms in total. The average Bonchev–Trinajstić information content (AvgIpc) is 3.13. The highest BCUT2D eigenvalue weighted by Crippen LogP contribution is 2.32. The van der Waals surface area contributed by atoms with Crippen molar-refractivity contribution in [2.24, 2.45) is 0 Å². The smallest absolute Gasteiger partial charge is 0.347 e. The number of carboxylic acid groups (broad SMARTS) is 1. The second-order valence-corrected chi connectivity index (χ2v) is 6.67. The van der Waals surface area contributed by atoms with E-state index in [0.29, 0.717) is 16.3 Å². The van der Waals surface area contributed by atoms with Gasteiger partial charge in [0.15, 0.2) is 0 Å². The van der Waals surface area contributed by atoms with Crippen molar-refractivity contribution in [1.82, 2.24) is 9.55 Å². The molecule has 122 valence electrons. The van der Waals surface area contributed by atoms with Crippen LogP contribution in [0.2, 0.25) is 0 Å². The van der Waals surface area contributed by atoms with E-state index < -0.39 is 5.97 Å². The van der Waals surface area contributed by atoms with Gasteiger partial charge in [-0.2, -0.15) is 5.26 Å². The molecular weight excluding hydrogens is 322 g/mol. The zero-order chi connectivity index (χ0) is 17.3. The molecule has 1 N–H and O–H groups in total. The molecule has 0 amide bonds. The molecule has 0 aliphatic carbocycles. The van der Waals surface area contributed by atoms with Gasteiger partial charge in [0.05, 0.1) is 11.3 Å². The fourth-order valence-electron chi connectivity index (χ4n) is 2.75. The first-order valence-corrected chi connectivity index (χ1v) is 8.61. The van der Waals surface area contributed by atoms with Crippen molar-refractivity contribution in [3.63, 3.8) is 0 Å². The van der Waals surface area contributed by atoms with Crippen LogP contribution in [0.5, 0.6) is 0 Å². The van der Waals surface area contributed by atoms with Gasteiger partial charge in [-0.1, -0.05) is 13.3 Å². The van der Waals surface area contributed by atoms with Gasteiger partial charge in [-0.15, -0.1) is 11.3 Å². The second-order valence-electron chi connectivity index (χ2n) is 5.67.